The molecule has 0 amide bonds. The lowest BCUT2D eigenvalue weighted by atomic mass is 10.1. The monoisotopic (exact) mass is 226 g/mol. The standard InChI is InChI=1S/C9H18N2.2ClH/c10-7-9(3-4-9)8-11-5-1-2-6-11;;/h1-8,10H2;2*1H. The molecule has 1 aliphatic heterocycles. The van der Waals surface area contributed by atoms with Crippen LogP contribution >= 0.6 is 24.8 Å². The molecule has 0 aromatic heterocycles. The minimum atomic E-state index is 0. The molecule has 1 saturated heterocycles. The lowest BCUT2D eigenvalue weighted by molar-refractivity contribution is 0.268. The van der Waals surface area contributed by atoms with Crippen LogP contribution in [0.25, 0.3) is 0 Å². The van der Waals surface area contributed by atoms with Gasteiger partial charge in [-0.2, -0.15) is 0 Å². The molecule has 1 heterocycles. The molecule has 0 bridgehead atoms. The summed E-state index contributed by atoms with van der Waals surface area (Å²) < 4.78 is 0. The van der Waals surface area contributed by atoms with E-state index in [0.29, 0.717) is 5.41 Å². The first-order valence-corrected chi connectivity index (χ1v) is 4.77. The van der Waals surface area contributed by atoms with Crippen molar-refractivity contribution < 1.29 is 0 Å². The van der Waals surface area contributed by atoms with Gasteiger partial charge in [-0.3, -0.25) is 0 Å². The zero-order chi connectivity index (χ0) is 7.73. The van der Waals surface area contributed by atoms with Crippen molar-refractivity contribution in [3.05, 3.63) is 0 Å². The molecule has 0 aromatic rings. The third-order valence-electron chi connectivity index (χ3n) is 3.15. The van der Waals surface area contributed by atoms with Gasteiger partial charge in [-0.05, 0) is 50.7 Å². The van der Waals surface area contributed by atoms with Gasteiger partial charge in [0, 0.05) is 6.54 Å². The summed E-state index contributed by atoms with van der Waals surface area (Å²) in [5, 5.41) is 0. The van der Waals surface area contributed by atoms with Crippen LogP contribution in [-0.2, 0) is 0 Å². The fourth-order valence-corrected chi connectivity index (χ4v) is 2.02. The van der Waals surface area contributed by atoms with Crippen LogP contribution in [0, 0.1) is 5.41 Å². The Morgan fingerprint density at radius 1 is 1.08 bits per heavy atom. The van der Waals surface area contributed by atoms with Crippen molar-refractivity contribution in [1.29, 1.82) is 0 Å². The zero-order valence-electron chi connectivity index (χ0n) is 8.00. The Morgan fingerprint density at radius 2 is 1.62 bits per heavy atom. The minimum absolute atomic E-state index is 0. The van der Waals surface area contributed by atoms with Crippen molar-refractivity contribution >= 4 is 24.8 Å². The molecule has 0 radical (unpaired) electrons. The van der Waals surface area contributed by atoms with Gasteiger partial charge in [0.05, 0.1) is 0 Å². The SMILES string of the molecule is Cl.Cl.NCC1(CN2CCCC2)CC1. The number of nitrogens with zero attached hydrogens (tertiary/aromatic N) is 1. The molecule has 1 saturated carbocycles. The van der Waals surface area contributed by atoms with Crippen molar-refractivity contribution in [2.45, 2.75) is 25.7 Å². The summed E-state index contributed by atoms with van der Waals surface area (Å²) in [6.07, 6.45) is 5.56. The number of hydrogen-bond donors (Lipinski definition) is 1. The quantitative estimate of drug-likeness (QED) is 0.794. The molecular weight excluding hydrogens is 207 g/mol. The van der Waals surface area contributed by atoms with E-state index in [0.717, 1.165) is 6.54 Å². The topological polar surface area (TPSA) is 29.3 Å². The predicted octanol–water partition coefficient (Wildman–Crippen LogP) is 1.66. The molecule has 2 rings (SSSR count). The maximum absolute atomic E-state index is 5.72. The van der Waals surface area contributed by atoms with E-state index in [1.165, 1.54) is 45.3 Å². The summed E-state index contributed by atoms with van der Waals surface area (Å²) >= 11 is 0. The normalized spacial score (nSPS) is 24.7. The number of halogens is 2. The average molecular weight is 227 g/mol. The summed E-state index contributed by atoms with van der Waals surface area (Å²) in [6.45, 7) is 4.83. The van der Waals surface area contributed by atoms with Crippen molar-refractivity contribution in [1.82, 2.24) is 4.90 Å². The lowest BCUT2D eigenvalue weighted by Crippen LogP contribution is -2.32. The van der Waals surface area contributed by atoms with E-state index in [1.807, 2.05) is 0 Å². The maximum atomic E-state index is 5.72. The number of likely N-dealkylation sites (tertiary alicyclic amines) is 1. The molecular formula is C9H20Cl2N2. The van der Waals surface area contributed by atoms with Crippen LogP contribution in [0.1, 0.15) is 25.7 Å². The molecule has 2 nitrogen and oxygen atoms in total. The van der Waals surface area contributed by atoms with E-state index in [2.05, 4.69) is 4.90 Å². The molecule has 80 valence electrons. The molecule has 0 aromatic carbocycles. The first kappa shape index (κ1) is 13.5. The van der Waals surface area contributed by atoms with Crippen LogP contribution < -0.4 is 5.73 Å². The Bertz CT molecular complexity index is 143. The smallest absolute Gasteiger partial charge is 0.00501 e. The van der Waals surface area contributed by atoms with Gasteiger partial charge in [0.15, 0.2) is 0 Å². The van der Waals surface area contributed by atoms with Gasteiger partial charge in [-0.15, -0.1) is 24.8 Å². The summed E-state index contributed by atoms with van der Waals surface area (Å²) in [5.74, 6) is 0. The molecule has 4 heteroatoms. The molecule has 2 aliphatic rings. The van der Waals surface area contributed by atoms with Crippen molar-refractivity contribution in [2.75, 3.05) is 26.2 Å². The second-order valence-corrected chi connectivity index (χ2v) is 4.19. The number of rotatable bonds is 3. The van der Waals surface area contributed by atoms with Gasteiger partial charge in [-0.25, -0.2) is 0 Å². The summed E-state index contributed by atoms with van der Waals surface area (Å²) in [5.41, 5.74) is 6.28. The van der Waals surface area contributed by atoms with Crippen LogP contribution in [0.2, 0.25) is 0 Å². The second-order valence-electron chi connectivity index (χ2n) is 4.19. The van der Waals surface area contributed by atoms with E-state index in [-0.39, 0.29) is 24.8 Å². The van der Waals surface area contributed by atoms with E-state index in [1.54, 1.807) is 0 Å². The van der Waals surface area contributed by atoms with Crippen molar-refractivity contribution in [2.24, 2.45) is 11.1 Å². The highest BCUT2D eigenvalue weighted by Crippen LogP contribution is 2.45. The van der Waals surface area contributed by atoms with Gasteiger partial charge in [0.25, 0.3) is 0 Å². The Labute approximate surface area is 93.1 Å². The van der Waals surface area contributed by atoms with Crippen LogP contribution in [0.5, 0.6) is 0 Å². The fourth-order valence-electron chi connectivity index (χ4n) is 2.02. The van der Waals surface area contributed by atoms with Crippen molar-refractivity contribution in [3.63, 3.8) is 0 Å². The highest BCUT2D eigenvalue weighted by atomic mass is 35.5. The molecule has 1 aliphatic carbocycles. The van der Waals surface area contributed by atoms with E-state index in [9.17, 15) is 0 Å². The minimum Gasteiger partial charge on any atom is -0.330 e. The van der Waals surface area contributed by atoms with Crippen LogP contribution in [0.15, 0.2) is 0 Å². The van der Waals surface area contributed by atoms with Gasteiger partial charge >= 0.3 is 0 Å². The summed E-state index contributed by atoms with van der Waals surface area (Å²) in [7, 11) is 0. The Balaban J connectivity index is 0.000000720. The van der Waals surface area contributed by atoms with Gasteiger partial charge in [0.2, 0.25) is 0 Å². The van der Waals surface area contributed by atoms with Crippen molar-refractivity contribution in [3.8, 4) is 0 Å². The van der Waals surface area contributed by atoms with Crippen LogP contribution in [-0.4, -0.2) is 31.1 Å². The van der Waals surface area contributed by atoms with E-state index in [4.69, 9.17) is 5.73 Å². The molecule has 2 fully saturated rings. The summed E-state index contributed by atoms with van der Waals surface area (Å²) in [6, 6.07) is 0. The van der Waals surface area contributed by atoms with E-state index < -0.39 is 0 Å². The molecule has 0 spiro atoms. The first-order chi connectivity index (χ1) is 5.35. The molecule has 2 N–H and O–H groups in total. The lowest BCUT2D eigenvalue weighted by Gasteiger charge is -2.21. The molecule has 0 unspecified atom stereocenters. The first-order valence-electron chi connectivity index (χ1n) is 4.77. The van der Waals surface area contributed by atoms with Gasteiger partial charge in [0.1, 0.15) is 0 Å². The highest BCUT2D eigenvalue weighted by Gasteiger charge is 2.42. The predicted molar refractivity (Wildman–Crippen MR) is 60.9 cm³/mol. The zero-order valence-corrected chi connectivity index (χ0v) is 9.63. The maximum Gasteiger partial charge on any atom is 0.00501 e. The molecule has 0 atom stereocenters. The Morgan fingerprint density at radius 3 is 2.00 bits per heavy atom. The number of nitrogens with two attached hydrogens (primary N) is 1. The highest BCUT2D eigenvalue weighted by molar-refractivity contribution is 5.85. The summed E-state index contributed by atoms with van der Waals surface area (Å²) in [4.78, 5) is 2.58. The second kappa shape index (κ2) is 5.40. The molecule has 13 heavy (non-hydrogen) atoms. The number of hydrogen-bond acceptors (Lipinski definition) is 2. The van der Waals surface area contributed by atoms with Crippen LogP contribution in [0.3, 0.4) is 0 Å². The third kappa shape index (κ3) is 3.28. The third-order valence-corrected chi connectivity index (χ3v) is 3.15. The van der Waals surface area contributed by atoms with E-state index >= 15 is 0 Å². The average Bonchev–Trinajstić information content (AvgIpc) is 2.59. The largest absolute Gasteiger partial charge is 0.330 e. The van der Waals surface area contributed by atoms with Gasteiger partial charge in [-0.1, -0.05) is 0 Å². The van der Waals surface area contributed by atoms with Crippen LogP contribution in [0.4, 0.5) is 0 Å². The Hall–Kier alpha value is 0.500. The Kier molecular flexibility index (Phi) is 5.61. The fraction of sp³-hybridized carbons (Fsp3) is 1.00. The van der Waals surface area contributed by atoms with Gasteiger partial charge < -0.3 is 10.6 Å².